The lowest BCUT2D eigenvalue weighted by Crippen LogP contribution is -2.55. The monoisotopic (exact) mass is 470 g/mol. The predicted molar refractivity (Wildman–Crippen MR) is 126 cm³/mol. The van der Waals surface area contributed by atoms with E-state index in [1.165, 1.54) is 18.6 Å². The highest BCUT2D eigenvalue weighted by atomic mass is 19.4. The lowest BCUT2D eigenvalue weighted by Gasteiger charge is -2.51. The van der Waals surface area contributed by atoms with Crippen LogP contribution in [0.3, 0.4) is 0 Å². The largest absolute Gasteiger partial charge is 0.497 e. The van der Waals surface area contributed by atoms with Crippen molar-refractivity contribution in [3.63, 3.8) is 0 Å². The number of piperidine rings is 3. The van der Waals surface area contributed by atoms with Gasteiger partial charge in [0, 0.05) is 23.5 Å². The van der Waals surface area contributed by atoms with Crippen LogP contribution in [0.5, 0.6) is 5.75 Å². The Hall–Kier alpha value is -2.64. The number of nitrogens with zero attached hydrogens (tertiary/aromatic N) is 2. The van der Waals surface area contributed by atoms with E-state index in [1.54, 1.807) is 13.2 Å². The molecule has 0 amide bonds. The van der Waals surface area contributed by atoms with Crippen molar-refractivity contribution in [3.05, 3.63) is 59.7 Å². The summed E-state index contributed by atoms with van der Waals surface area (Å²) >= 11 is 0. The van der Waals surface area contributed by atoms with Gasteiger partial charge in [-0.3, -0.25) is 4.90 Å². The fourth-order valence-corrected chi connectivity index (χ4v) is 5.76. The highest BCUT2D eigenvalue weighted by Crippen LogP contribution is 2.43. The summed E-state index contributed by atoms with van der Waals surface area (Å²) in [6.45, 7) is 4.22. The molecule has 3 saturated heterocycles. The van der Waals surface area contributed by atoms with Crippen molar-refractivity contribution in [2.75, 3.05) is 20.2 Å². The molecule has 1 aromatic heterocycles. The van der Waals surface area contributed by atoms with Crippen LogP contribution in [-0.2, 0) is 6.18 Å². The summed E-state index contributed by atoms with van der Waals surface area (Å²) in [6.07, 6.45) is -1.85. The Labute approximate surface area is 197 Å². The summed E-state index contributed by atoms with van der Waals surface area (Å²) in [5.74, 6) is 1.96. The zero-order valence-corrected chi connectivity index (χ0v) is 19.3. The standard InChI is InChI=1S/C27H29F3N2O2/c1-3-16-15-32-11-10-18(16)12-25(32)26(33)22-14-24(17-4-6-19(7-5-17)27(28,29)30)31-23-9-8-20(34-2)13-21(22)23/h4-9,13-14,16,18,25-26,33H,3,10-12,15H2,1-2H3/t16-,18-,25+,26+/m0/s1. The maximum absolute atomic E-state index is 13.0. The number of halogens is 3. The van der Waals surface area contributed by atoms with E-state index >= 15 is 0 Å². The Bertz CT molecular complexity index is 1180. The van der Waals surface area contributed by atoms with E-state index in [0.29, 0.717) is 34.4 Å². The van der Waals surface area contributed by atoms with E-state index in [4.69, 9.17) is 9.72 Å². The molecule has 180 valence electrons. The van der Waals surface area contributed by atoms with Gasteiger partial charge in [-0.1, -0.05) is 25.5 Å². The molecule has 3 fully saturated rings. The van der Waals surface area contributed by atoms with Crippen LogP contribution >= 0.6 is 0 Å². The summed E-state index contributed by atoms with van der Waals surface area (Å²) < 4.78 is 44.5. The normalized spacial score (nSPS) is 25.5. The number of hydrogen-bond acceptors (Lipinski definition) is 4. The minimum absolute atomic E-state index is 0.0128. The number of ether oxygens (including phenoxy) is 1. The van der Waals surface area contributed by atoms with E-state index in [9.17, 15) is 18.3 Å². The molecule has 3 aliphatic heterocycles. The van der Waals surface area contributed by atoms with Crippen LogP contribution in [0.4, 0.5) is 13.2 Å². The molecule has 4 heterocycles. The molecule has 0 saturated carbocycles. The third-order valence-electron chi connectivity index (χ3n) is 7.70. The van der Waals surface area contributed by atoms with E-state index in [2.05, 4.69) is 11.8 Å². The van der Waals surface area contributed by atoms with Gasteiger partial charge in [-0.05, 0) is 73.2 Å². The second kappa shape index (κ2) is 8.86. The molecule has 1 unspecified atom stereocenters. The molecule has 34 heavy (non-hydrogen) atoms. The van der Waals surface area contributed by atoms with Gasteiger partial charge in [-0.25, -0.2) is 4.98 Å². The number of rotatable bonds is 5. The minimum Gasteiger partial charge on any atom is -0.497 e. The molecule has 2 aromatic carbocycles. The van der Waals surface area contributed by atoms with Crippen molar-refractivity contribution in [1.82, 2.24) is 9.88 Å². The molecule has 6 rings (SSSR count). The quantitative estimate of drug-likeness (QED) is 0.491. The fourth-order valence-electron chi connectivity index (χ4n) is 5.76. The number of alkyl halides is 3. The van der Waals surface area contributed by atoms with Crippen LogP contribution in [0, 0.1) is 11.8 Å². The maximum Gasteiger partial charge on any atom is 0.416 e. The van der Waals surface area contributed by atoms with E-state index in [-0.39, 0.29) is 6.04 Å². The third kappa shape index (κ3) is 4.16. The second-order valence-corrected chi connectivity index (χ2v) is 9.51. The first-order valence-electron chi connectivity index (χ1n) is 11.9. The number of pyridine rings is 1. The van der Waals surface area contributed by atoms with Crippen LogP contribution in [0.25, 0.3) is 22.2 Å². The van der Waals surface area contributed by atoms with Crippen LogP contribution in [0.1, 0.15) is 43.4 Å². The zero-order valence-electron chi connectivity index (χ0n) is 19.3. The molecule has 0 spiro atoms. The first-order valence-corrected chi connectivity index (χ1v) is 11.9. The number of aliphatic hydroxyl groups excluding tert-OH is 1. The molecule has 7 heteroatoms. The summed E-state index contributed by atoms with van der Waals surface area (Å²) in [7, 11) is 1.60. The molecule has 3 aromatic rings. The van der Waals surface area contributed by atoms with Crippen molar-refractivity contribution in [3.8, 4) is 17.0 Å². The maximum atomic E-state index is 13.0. The fraction of sp³-hybridized carbons (Fsp3) is 0.444. The number of hydrogen-bond donors (Lipinski definition) is 1. The average molecular weight is 471 g/mol. The molecular weight excluding hydrogens is 441 g/mol. The van der Waals surface area contributed by atoms with Gasteiger partial charge in [-0.15, -0.1) is 0 Å². The van der Waals surface area contributed by atoms with E-state index in [0.717, 1.165) is 49.0 Å². The molecular formula is C27H29F3N2O2. The number of fused-ring (bicyclic) bond motifs is 4. The first-order chi connectivity index (χ1) is 16.3. The van der Waals surface area contributed by atoms with Crippen LogP contribution in [-0.4, -0.2) is 41.2 Å². The van der Waals surface area contributed by atoms with Crippen LogP contribution < -0.4 is 4.74 Å². The van der Waals surface area contributed by atoms with Gasteiger partial charge < -0.3 is 9.84 Å². The van der Waals surface area contributed by atoms with E-state index in [1.807, 2.05) is 18.2 Å². The highest BCUT2D eigenvalue weighted by molar-refractivity contribution is 5.87. The van der Waals surface area contributed by atoms with Gasteiger partial charge in [0.2, 0.25) is 0 Å². The van der Waals surface area contributed by atoms with Gasteiger partial charge in [-0.2, -0.15) is 13.2 Å². The van der Waals surface area contributed by atoms with Crippen molar-refractivity contribution in [2.24, 2.45) is 11.8 Å². The Morgan fingerprint density at radius 1 is 1.15 bits per heavy atom. The molecule has 0 aliphatic carbocycles. The van der Waals surface area contributed by atoms with Crippen LogP contribution in [0.2, 0.25) is 0 Å². The van der Waals surface area contributed by atoms with Gasteiger partial charge >= 0.3 is 6.18 Å². The molecule has 5 atom stereocenters. The molecule has 1 N–H and O–H groups in total. The SMILES string of the molecule is CC[C@H]1CN2CC[C@H]1C[C@@H]2[C@H](O)c1cc(-c2ccc(C(F)(F)F)cc2)nc2ccc(OC)cc12. The molecule has 0 radical (unpaired) electrons. The molecule has 2 bridgehead atoms. The Balaban J connectivity index is 1.57. The average Bonchev–Trinajstić information content (AvgIpc) is 2.87. The van der Waals surface area contributed by atoms with Crippen molar-refractivity contribution < 1.29 is 23.0 Å². The van der Waals surface area contributed by atoms with Crippen molar-refractivity contribution >= 4 is 10.9 Å². The molecule has 3 aliphatic rings. The van der Waals surface area contributed by atoms with Crippen molar-refractivity contribution in [1.29, 1.82) is 0 Å². The number of aliphatic hydroxyl groups is 1. The smallest absolute Gasteiger partial charge is 0.416 e. The van der Waals surface area contributed by atoms with Crippen LogP contribution in [0.15, 0.2) is 48.5 Å². The van der Waals surface area contributed by atoms with Gasteiger partial charge in [0.05, 0.1) is 30.0 Å². The summed E-state index contributed by atoms with van der Waals surface area (Å²) in [5, 5.41) is 12.5. The Morgan fingerprint density at radius 2 is 1.91 bits per heavy atom. The Morgan fingerprint density at radius 3 is 2.53 bits per heavy atom. The van der Waals surface area contributed by atoms with E-state index < -0.39 is 17.8 Å². The predicted octanol–water partition coefficient (Wildman–Crippen LogP) is 6.08. The Kier molecular flexibility index (Phi) is 6.02. The highest BCUT2D eigenvalue weighted by Gasteiger charge is 2.42. The molecule has 4 nitrogen and oxygen atoms in total. The minimum atomic E-state index is -4.39. The first kappa shape index (κ1) is 23.1. The summed E-state index contributed by atoms with van der Waals surface area (Å²) in [6, 6.07) is 12.4. The second-order valence-electron chi connectivity index (χ2n) is 9.51. The summed E-state index contributed by atoms with van der Waals surface area (Å²) in [4.78, 5) is 7.12. The zero-order chi connectivity index (χ0) is 24.0. The number of methoxy groups -OCH3 is 1. The van der Waals surface area contributed by atoms with Gasteiger partial charge in [0.15, 0.2) is 0 Å². The summed E-state index contributed by atoms with van der Waals surface area (Å²) in [5.41, 5.74) is 1.84. The lowest BCUT2D eigenvalue weighted by molar-refractivity contribution is -0.137. The lowest BCUT2D eigenvalue weighted by atomic mass is 9.72. The van der Waals surface area contributed by atoms with Gasteiger partial charge in [0.1, 0.15) is 5.75 Å². The topological polar surface area (TPSA) is 45.6 Å². The van der Waals surface area contributed by atoms with Crippen molar-refractivity contribution in [2.45, 2.75) is 44.5 Å². The number of aromatic nitrogens is 1. The van der Waals surface area contributed by atoms with Gasteiger partial charge in [0.25, 0.3) is 0 Å². The number of benzene rings is 2. The third-order valence-corrected chi connectivity index (χ3v) is 7.70.